The van der Waals surface area contributed by atoms with Crippen LogP contribution < -0.4 is 4.90 Å². The van der Waals surface area contributed by atoms with E-state index in [0.717, 1.165) is 18.7 Å². The van der Waals surface area contributed by atoms with Gasteiger partial charge in [0.25, 0.3) is 0 Å². The number of piperidine rings is 1. The fourth-order valence-corrected chi connectivity index (χ4v) is 4.26. The molecule has 3 rings (SSSR count). The molecule has 2 fully saturated rings. The predicted octanol–water partition coefficient (Wildman–Crippen LogP) is 2.56. The van der Waals surface area contributed by atoms with Crippen molar-refractivity contribution < 1.29 is 9.90 Å². The molecular formula is C17H22N4O2. The van der Waals surface area contributed by atoms with E-state index in [0.29, 0.717) is 24.6 Å². The first-order valence-corrected chi connectivity index (χ1v) is 7.90. The average molecular weight is 314 g/mol. The minimum atomic E-state index is -0.858. The lowest BCUT2D eigenvalue weighted by Gasteiger charge is -2.68. The maximum atomic E-state index is 11.5. The molecule has 0 spiro atoms. The van der Waals surface area contributed by atoms with Crippen molar-refractivity contribution in [1.29, 1.82) is 5.26 Å². The van der Waals surface area contributed by atoms with Gasteiger partial charge in [0, 0.05) is 31.7 Å². The minimum Gasteiger partial charge on any atom is -0.465 e. The summed E-state index contributed by atoms with van der Waals surface area (Å²) in [4.78, 5) is 19.4. The van der Waals surface area contributed by atoms with Gasteiger partial charge >= 0.3 is 6.09 Å². The van der Waals surface area contributed by atoms with Gasteiger partial charge in [-0.1, -0.05) is 20.8 Å². The Labute approximate surface area is 136 Å². The topological polar surface area (TPSA) is 80.5 Å². The number of amides is 1. The molecule has 0 saturated carbocycles. The van der Waals surface area contributed by atoms with Crippen LogP contribution in [0.25, 0.3) is 0 Å². The molecule has 1 aromatic heterocycles. The van der Waals surface area contributed by atoms with Crippen molar-refractivity contribution >= 4 is 11.8 Å². The quantitative estimate of drug-likeness (QED) is 0.861. The smallest absolute Gasteiger partial charge is 0.407 e. The van der Waals surface area contributed by atoms with Crippen LogP contribution >= 0.6 is 0 Å². The van der Waals surface area contributed by atoms with Gasteiger partial charge in [-0.05, 0) is 17.9 Å². The van der Waals surface area contributed by atoms with Crippen LogP contribution in [0.4, 0.5) is 10.5 Å². The molecule has 2 aliphatic heterocycles. The zero-order valence-corrected chi connectivity index (χ0v) is 13.8. The van der Waals surface area contributed by atoms with E-state index in [-0.39, 0.29) is 11.0 Å². The monoisotopic (exact) mass is 314 g/mol. The van der Waals surface area contributed by atoms with Crippen molar-refractivity contribution in [2.75, 3.05) is 24.5 Å². The van der Waals surface area contributed by atoms with Gasteiger partial charge in [-0.25, -0.2) is 4.79 Å². The molecule has 2 aliphatic rings. The highest BCUT2D eigenvalue weighted by Gasteiger charge is 2.62. The van der Waals surface area contributed by atoms with Crippen LogP contribution in [0, 0.1) is 22.7 Å². The van der Waals surface area contributed by atoms with Gasteiger partial charge in [-0.15, -0.1) is 0 Å². The standard InChI is InChI=1S/C17H22N4O2/c1-16(2,3)17-11-20(15(22)23)5-4-13(17)10-21(17)14-6-12(7-18)8-19-9-14/h6,8-9,13H,4-5,10-11H2,1-3H3,(H,22,23)/t13-,17+/m0/s1. The molecule has 23 heavy (non-hydrogen) atoms. The third-order valence-corrected chi connectivity index (χ3v) is 5.47. The Bertz CT molecular complexity index is 676. The molecule has 6 nitrogen and oxygen atoms in total. The normalized spacial score (nSPS) is 27.0. The van der Waals surface area contributed by atoms with E-state index in [1.165, 1.54) is 4.90 Å². The van der Waals surface area contributed by atoms with Crippen LogP contribution in [0.5, 0.6) is 0 Å². The van der Waals surface area contributed by atoms with Crippen molar-refractivity contribution in [2.24, 2.45) is 11.3 Å². The lowest BCUT2D eigenvalue weighted by Crippen LogP contribution is -2.79. The number of nitrogens with zero attached hydrogens (tertiary/aromatic N) is 4. The maximum Gasteiger partial charge on any atom is 0.407 e. The highest BCUT2D eigenvalue weighted by atomic mass is 16.4. The zero-order valence-electron chi connectivity index (χ0n) is 13.8. The summed E-state index contributed by atoms with van der Waals surface area (Å²) in [5.74, 6) is 0.462. The fraction of sp³-hybridized carbons (Fsp3) is 0.588. The molecule has 6 heteroatoms. The Morgan fingerprint density at radius 2 is 2.22 bits per heavy atom. The number of carbonyl (C=O) groups is 1. The summed E-state index contributed by atoms with van der Waals surface area (Å²) in [5.41, 5.74) is 1.09. The lowest BCUT2D eigenvalue weighted by atomic mass is 9.57. The first kappa shape index (κ1) is 15.6. The van der Waals surface area contributed by atoms with Gasteiger partial charge in [-0.2, -0.15) is 5.26 Å². The number of likely N-dealkylation sites (tertiary alicyclic amines) is 1. The average Bonchev–Trinajstić information content (AvgIpc) is 2.47. The molecule has 0 bridgehead atoms. The van der Waals surface area contributed by atoms with E-state index in [4.69, 9.17) is 5.26 Å². The number of anilines is 1. The zero-order chi connectivity index (χ0) is 16.8. The van der Waals surface area contributed by atoms with Gasteiger partial charge in [-0.3, -0.25) is 4.98 Å². The maximum absolute atomic E-state index is 11.5. The Morgan fingerprint density at radius 3 is 2.83 bits per heavy atom. The summed E-state index contributed by atoms with van der Waals surface area (Å²) in [6, 6.07) is 3.97. The van der Waals surface area contributed by atoms with Crippen LogP contribution in [0.1, 0.15) is 32.8 Å². The number of hydrogen-bond acceptors (Lipinski definition) is 4. The largest absolute Gasteiger partial charge is 0.465 e. The second-order valence-electron chi connectivity index (χ2n) is 7.52. The third-order valence-electron chi connectivity index (χ3n) is 5.47. The highest BCUT2D eigenvalue weighted by molar-refractivity contribution is 5.66. The first-order valence-electron chi connectivity index (χ1n) is 7.90. The second kappa shape index (κ2) is 5.12. The summed E-state index contributed by atoms with van der Waals surface area (Å²) in [7, 11) is 0. The molecule has 1 aromatic rings. The first-order chi connectivity index (χ1) is 10.8. The van der Waals surface area contributed by atoms with Crippen LogP contribution in [0.3, 0.4) is 0 Å². The molecule has 1 N–H and O–H groups in total. The second-order valence-corrected chi connectivity index (χ2v) is 7.52. The number of aromatic nitrogens is 1. The summed E-state index contributed by atoms with van der Waals surface area (Å²) < 4.78 is 0. The number of nitriles is 1. The molecule has 0 aliphatic carbocycles. The molecule has 0 aromatic carbocycles. The lowest BCUT2D eigenvalue weighted by molar-refractivity contribution is -0.0311. The number of hydrogen-bond donors (Lipinski definition) is 1. The Balaban J connectivity index is 2.02. The summed E-state index contributed by atoms with van der Waals surface area (Å²) in [5, 5.41) is 18.5. The van der Waals surface area contributed by atoms with Gasteiger partial charge in [0.05, 0.1) is 23.0 Å². The van der Waals surface area contributed by atoms with Crippen molar-refractivity contribution in [2.45, 2.75) is 32.7 Å². The number of pyridine rings is 1. The van der Waals surface area contributed by atoms with E-state index in [1.807, 2.05) is 6.07 Å². The van der Waals surface area contributed by atoms with Crippen LogP contribution in [-0.2, 0) is 0 Å². The van der Waals surface area contributed by atoms with Crippen LogP contribution in [0.15, 0.2) is 18.5 Å². The van der Waals surface area contributed by atoms with Gasteiger partial charge in [0.2, 0.25) is 0 Å². The molecule has 3 heterocycles. The Morgan fingerprint density at radius 1 is 1.48 bits per heavy atom. The third kappa shape index (κ3) is 2.23. The molecule has 2 saturated heterocycles. The molecule has 0 radical (unpaired) electrons. The minimum absolute atomic E-state index is 0.0906. The highest BCUT2D eigenvalue weighted by Crippen LogP contribution is 2.54. The summed E-state index contributed by atoms with van der Waals surface area (Å²) in [6.45, 7) is 8.48. The fourth-order valence-electron chi connectivity index (χ4n) is 4.26. The van der Waals surface area contributed by atoms with E-state index >= 15 is 0 Å². The molecule has 1 amide bonds. The van der Waals surface area contributed by atoms with E-state index in [9.17, 15) is 9.90 Å². The van der Waals surface area contributed by atoms with Crippen molar-refractivity contribution in [3.63, 3.8) is 0 Å². The molecular weight excluding hydrogens is 292 g/mol. The van der Waals surface area contributed by atoms with Crippen LogP contribution in [0.2, 0.25) is 0 Å². The van der Waals surface area contributed by atoms with Crippen molar-refractivity contribution in [3.05, 3.63) is 24.0 Å². The summed E-state index contributed by atoms with van der Waals surface area (Å²) in [6.07, 6.45) is 3.34. The molecule has 122 valence electrons. The number of carboxylic acid groups (broad SMARTS) is 1. The number of rotatable bonds is 1. The van der Waals surface area contributed by atoms with E-state index < -0.39 is 6.09 Å². The van der Waals surface area contributed by atoms with E-state index in [2.05, 4.69) is 36.7 Å². The van der Waals surface area contributed by atoms with E-state index in [1.54, 1.807) is 12.4 Å². The SMILES string of the molecule is CC(C)(C)[C@@]12CN(C(=O)O)CC[C@H]1CN2c1cncc(C#N)c1. The van der Waals surface area contributed by atoms with Gasteiger partial charge in [0.15, 0.2) is 0 Å². The Hall–Kier alpha value is -2.29. The Kier molecular flexibility index (Phi) is 3.47. The predicted molar refractivity (Wildman–Crippen MR) is 86.2 cm³/mol. The molecule has 2 atom stereocenters. The van der Waals surface area contributed by atoms with Crippen LogP contribution in [-0.4, -0.2) is 46.3 Å². The number of fused-ring (bicyclic) bond motifs is 1. The van der Waals surface area contributed by atoms with Crippen molar-refractivity contribution in [1.82, 2.24) is 9.88 Å². The molecule has 0 unspecified atom stereocenters. The van der Waals surface area contributed by atoms with Crippen molar-refractivity contribution in [3.8, 4) is 6.07 Å². The van der Waals surface area contributed by atoms with Gasteiger partial charge in [0.1, 0.15) is 6.07 Å². The summed E-state index contributed by atoms with van der Waals surface area (Å²) >= 11 is 0. The van der Waals surface area contributed by atoms with Gasteiger partial charge < -0.3 is 14.9 Å².